The maximum absolute atomic E-state index is 11.9. The third-order valence-electron chi connectivity index (χ3n) is 3.87. The lowest BCUT2D eigenvalue weighted by Crippen LogP contribution is -2.41. The summed E-state index contributed by atoms with van der Waals surface area (Å²) in [4.78, 5) is 11.9. The second kappa shape index (κ2) is 7.28. The van der Waals surface area contributed by atoms with E-state index in [1.54, 1.807) is 10.9 Å². The van der Waals surface area contributed by atoms with Gasteiger partial charge in [-0.3, -0.25) is 9.48 Å². The SMILES string of the molecule is O=C(CCn1cccn1)NC1CCCCCC1CO. The number of amides is 1. The van der Waals surface area contributed by atoms with Crippen LogP contribution in [0.5, 0.6) is 0 Å². The van der Waals surface area contributed by atoms with Crippen LogP contribution >= 0.6 is 0 Å². The number of hydrogen-bond donors (Lipinski definition) is 2. The fraction of sp³-hybridized carbons (Fsp3) is 0.714. The number of aryl methyl sites for hydroxylation is 1. The Bertz CT molecular complexity index is 378. The Morgan fingerprint density at radius 1 is 1.37 bits per heavy atom. The number of aromatic nitrogens is 2. The van der Waals surface area contributed by atoms with Crippen LogP contribution in [0.1, 0.15) is 38.5 Å². The van der Waals surface area contributed by atoms with Crippen molar-refractivity contribution in [2.24, 2.45) is 5.92 Å². The fourth-order valence-corrected chi connectivity index (χ4v) is 2.72. The van der Waals surface area contributed by atoms with Crippen LogP contribution in [-0.4, -0.2) is 33.4 Å². The van der Waals surface area contributed by atoms with Gasteiger partial charge in [-0.15, -0.1) is 0 Å². The number of hydrogen-bond acceptors (Lipinski definition) is 3. The average molecular weight is 265 g/mol. The Morgan fingerprint density at radius 2 is 2.21 bits per heavy atom. The Labute approximate surface area is 114 Å². The molecule has 1 fully saturated rings. The first kappa shape index (κ1) is 14.1. The van der Waals surface area contributed by atoms with E-state index in [1.807, 2.05) is 12.3 Å². The number of aliphatic hydroxyl groups is 1. The van der Waals surface area contributed by atoms with Gasteiger partial charge in [-0.2, -0.15) is 5.10 Å². The fourth-order valence-electron chi connectivity index (χ4n) is 2.72. The van der Waals surface area contributed by atoms with Crippen molar-refractivity contribution < 1.29 is 9.90 Å². The largest absolute Gasteiger partial charge is 0.396 e. The minimum atomic E-state index is 0.0563. The molecule has 2 rings (SSSR count). The van der Waals surface area contributed by atoms with E-state index < -0.39 is 0 Å². The van der Waals surface area contributed by atoms with E-state index in [9.17, 15) is 9.90 Å². The van der Waals surface area contributed by atoms with Crippen molar-refractivity contribution in [3.8, 4) is 0 Å². The molecule has 1 amide bonds. The molecule has 0 saturated heterocycles. The van der Waals surface area contributed by atoms with E-state index in [-0.39, 0.29) is 24.5 Å². The molecular formula is C14H23N3O2. The first-order valence-corrected chi connectivity index (χ1v) is 7.17. The van der Waals surface area contributed by atoms with Crippen molar-refractivity contribution >= 4 is 5.91 Å². The van der Waals surface area contributed by atoms with Crippen LogP contribution in [0, 0.1) is 5.92 Å². The molecule has 2 unspecified atom stereocenters. The molecule has 1 aliphatic rings. The summed E-state index contributed by atoms with van der Waals surface area (Å²) < 4.78 is 1.76. The summed E-state index contributed by atoms with van der Waals surface area (Å²) in [7, 11) is 0. The standard InChI is InChI=1S/C14H23N3O2/c18-11-12-5-2-1-3-6-13(12)16-14(19)7-10-17-9-4-8-15-17/h4,8-9,12-13,18H,1-3,5-7,10-11H2,(H,16,19). The summed E-state index contributed by atoms with van der Waals surface area (Å²) in [6.45, 7) is 0.777. The Morgan fingerprint density at radius 3 is 2.95 bits per heavy atom. The minimum Gasteiger partial charge on any atom is -0.396 e. The summed E-state index contributed by atoms with van der Waals surface area (Å²) >= 11 is 0. The highest BCUT2D eigenvalue weighted by Crippen LogP contribution is 2.23. The van der Waals surface area contributed by atoms with Gasteiger partial charge in [0.2, 0.25) is 5.91 Å². The summed E-state index contributed by atoms with van der Waals surface area (Å²) in [5.74, 6) is 0.275. The lowest BCUT2D eigenvalue weighted by Gasteiger charge is -2.24. The molecule has 106 valence electrons. The molecule has 2 atom stereocenters. The summed E-state index contributed by atoms with van der Waals surface area (Å²) in [6, 6.07) is 1.99. The van der Waals surface area contributed by atoms with Crippen LogP contribution in [0.15, 0.2) is 18.5 Å². The Kier molecular flexibility index (Phi) is 5.39. The molecule has 19 heavy (non-hydrogen) atoms. The van der Waals surface area contributed by atoms with E-state index in [2.05, 4.69) is 10.4 Å². The molecule has 1 aromatic heterocycles. The number of rotatable bonds is 5. The van der Waals surface area contributed by atoms with Crippen LogP contribution in [-0.2, 0) is 11.3 Å². The van der Waals surface area contributed by atoms with Crippen LogP contribution in [0.3, 0.4) is 0 Å². The minimum absolute atomic E-state index is 0.0563. The monoisotopic (exact) mass is 265 g/mol. The van der Waals surface area contributed by atoms with Crippen molar-refractivity contribution in [2.75, 3.05) is 6.61 Å². The van der Waals surface area contributed by atoms with E-state index in [1.165, 1.54) is 6.42 Å². The van der Waals surface area contributed by atoms with Crippen molar-refractivity contribution in [3.63, 3.8) is 0 Å². The number of aliphatic hydroxyl groups excluding tert-OH is 1. The second-order valence-corrected chi connectivity index (χ2v) is 5.27. The topological polar surface area (TPSA) is 67.2 Å². The predicted molar refractivity (Wildman–Crippen MR) is 72.4 cm³/mol. The average Bonchev–Trinajstić information content (AvgIpc) is 2.83. The van der Waals surface area contributed by atoms with Crippen LogP contribution in [0.2, 0.25) is 0 Å². The zero-order valence-corrected chi connectivity index (χ0v) is 11.3. The van der Waals surface area contributed by atoms with E-state index in [4.69, 9.17) is 0 Å². The molecule has 1 aromatic rings. The van der Waals surface area contributed by atoms with Gasteiger partial charge in [0.25, 0.3) is 0 Å². The highest BCUT2D eigenvalue weighted by Gasteiger charge is 2.24. The highest BCUT2D eigenvalue weighted by atomic mass is 16.3. The molecule has 1 aliphatic carbocycles. The van der Waals surface area contributed by atoms with Crippen LogP contribution in [0.4, 0.5) is 0 Å². The van der Waals surface area contributed by atoms with Gasteiger partial charge < -0.3 is 10.4 Å². The van der Waals surface area contributed by atoms with Crippen molar-refractivity contribution in [2.45, 2.75) is 51.1 Å². The zero-order chi connectivity index (χ0) is 13.5. The molecule has 0 bridgehead atoms. The molecule has 2 N–H and O–H groups in total. The predicted octanol–water partition coefficient (Wildman–Crippen LogP) is 1.33. The van der Waals surface area contributed by atoms with Gasteiger partial charge in [0, 0.05) is 43.9 Å². The van der Waals surface area contributed by atoms with Crippen molar-refractivity contribution in [1.29, 1.82) is 0 Å². The number of carbonyl (C=O) groups excluding carboxylic acids is 1. The summed E-state index contributed by atoms with van der Waals surface area (Å²) in [5.41, 5.74) is 0. The van der Waals surface area contributed by atoms with E-state index >= 15 is 0 Å². The molecule has 5 heteroatoms. The quantitative estimate of drug-likeness (QED) is 0.789. The molecule has 1 heterocycles. The highest BCUT2D eigenvalue weighted by molar-refractivity contribution is 5.76. The third kappa shape index (κ3) is 4.35. The lowest BCUT2D eigenvalue weighted by molar-refractivity contribution is -0.122. The molecule has 0 radical (unpaired) electrons. The zero-order valence-electron chi connectivity index (χ0n) is 11.3. The van der Waals surface area contributed by atoms with Crippen LogP contribution in [0.25, 0.3) is 0 Å². The smallest absolute Gasteiger partial charge is 0.222 e. The second-order valence-electron chi connectivity index (χ2n) is 5.27. The normalized spacial score (nSPS) is 23.8. The molecule has 0 spiro atoms. The molecular weight excluding hydrogens is 242 g/mol. The van der Waals surface area contributed by atoms with Crippen molar-refractivity contribution in [3.05, 3.63) is 18.5 Å². The molecule has 1 saturated carbocycles. The van der Waals surface area contributed by atoms with Gasteiger partial charge in [-0.05, 0) is 18.9 Å². The summed E-state index contributed by atoms with van der Waals surface area (Å²) in [5, 5.41) is 16.6. The van der Waals surface area contributed by atoms with Gasteiger partial charge in [0.1, 0.15) is 0 Å². The van der Waals surface area contributed by atoms with Gasteiger partial charge in [0.05, 0.1) is 0 Å². The first-order chi connectivity index (χ1) is 9.29. The number of carbonyl (C=O) groups is 1. The van der Waals surface area contributed by atoms with Crippen molar-refractivity contribution in [1.82, 2.24) is 15.1 Å². The first-order valence-electron chi connectivity index (χ1n) is 7.17. The maximum Gasteiger partial charge on any atom is 0.222 e. The number of nitrogens with zero attached hydrogens (tertiary/aromatic N) is 2. The molecule has 0 aromatic carbocycles. The van der Waals surface area contributed by atoms with Gasteiger partial charge >= 0.3 is 0 Å². The van der Waals surface area contributed by atoms with Gasteiger partial charge in [0.15, 0.2) is 0 Å². The van der Waals surface area contributed by atoms with E-state index in [0.29, 0.717) is 13.0 Å². The molecule has 5 nitrogen and oxygen atoms in total. The molecule has 0 aliphatic heterocycles. The summed E-state index contributed by atoms with van der Waals surface area (Å²) in [6.07, 6.45) is 9.51. The van der Waals surface area contributed by atoms with Crippen LogP contribution < -0.4 is 5.32 Å². The Balaban J connectivity index is 1.79. The van der Waals surface area contributed by atoms with Gasteiger partial charge in [-0.1, -0.05) is 19.3 Å². The number of nitrogens with one attached hydrogen (secondary N) is 1. The van der Waals surface area contributed by atoms with E-state index in [0.717, 1.165) is 25.7 Å². The lowest BCUT2D eigenvalue weighted by atomic mass is 9.95. The Hall–Kier alpha value is -1.36. The third-order valence-corrected chi connectivity index (χ3v) is 3.87. The maximum atomic E-state index is 11.9. The van der Waals surface area contributed by atoms with Gasteiger partial charge in [-0.25, -0.2) is 0 Å².